The molecule has 1 saturated heterocycles. The highest BCUT2D eigenvalue weighted by Crippen LogP contribution is 2.27. The van der Waals surface area contributed by atoms with Gasteiger partial charge in [-0.25, -0.2) is 0 Å². The van der Waals surface area contributed by atoms with Crippen molar-refractivity contribution in [1.29, 1.82) is 0 Å². The van der Waals surface area contributed by atoms with Gasteiger partial charge in [-0.15, -0.1) is 0 Å². The van der Waals surface area contributed by atoms with Crippen LogP contribution < -0.4 is 14.8 Å². The Morgan fingerprint density at radius 2 is 1.79 bits per heavy atom. The Morgan fingerprint density at radius 3 is 2.38 bits per heavy atom. The Balaban J connectivity index is 1.54. The molecule has 0 aliphatic carbocycles. The van der Waals surface area contributed by atoms with Crippen molar-refractivity contribution in [2.45, 2.75) is 25.4 Å². The molecule has 1 aromatic heterocycles. The number of rotatable bonds is 6. The Hall–Kier alpha value is -2.27. The molecule has 2 heterocycles. The number of piperidine rings is 1. The fourth-order valence-electron chi connectivity index (χ4n) is 3.08. The van der Waals surface area contributed by atoms with E-state index < -0.39 is 0 Å². The molecule has 2 aromatic rings. The van der Waals surface area contributed by atoms with Gasteiger partial charge in [-0.3, -0.25) is 9.88 Å². The molecule has 0 amide bonds. The molecule has 1 aromatic carbocycles. The van der Waals surface area contributed by atoms with Crippen LogP contribution in [0.1, 0.15) is 18.5 Å². The molecule has 1 aliphatic rings. The first-order valence-corrected chi connectivity index (χ1v) is 8.38. The number of pyridine rings is 1. The topological polar surface area (TPSA) is 46.6 Å². The summed E-state index contributed by atoms with van der Waals surface area (Å²) in [6, 6.07) is 12.5. The number of nitrogens with zero attached hydrogens (tertiary/aromatic N) is 2. The maximum Gasteiger partial charge on any atom is 0.124 e. The minimum absolute atomic E-state index is 0.474. The van der Waals surface area contributed by atoms with Gasteiger partial charge in [0, 0.05) is 55.8 Å². The van der Waals surface area contributed by atoms with Gasteiger partial charge in [0.05, 0.1) is 19.9 Å². The third-order valence-electron chi connectivity index (χ3n) is 4.42. The average molecular weight is 327 g/mol. The molecule has 5 nitrogen and oxygen atoms in total. The number of anilines is 1. The molecule has 0 saturated carbocycles. The average Bonchev–Trinajstić information content (AvgIpc) is 2.64. The van der Waals surface area contributed by atoms with Crippen molar-refractivity contribution in [2.75, 3.05) is 32.6 Å². The molecule has 0 bridgehead atoms. The highest BCUT2D eigenvalue weighted by molar-refractivity contribution is 5.54. The number of hydrogen-bond acceptors (Lipinski definition) is 5. The summed E-state index contributed by atoms with van der Waals surface area (Å²) >= 11 is 0. The van der Waals surface area contributed by atoms with Gasteiger partial charge in [0.1, 0.15) is 11.5 Å². The van der Waals surface area contributed by atoms with Crippen LogP contribution >= 0.6 is 0 Å². The summed E-state index contributed by atoms with van der Waals surface area (Å²) in [5.41, 5.74) is 2.19. The monoisotopic (exact) mass is 327 g/mol. The molecule has 24 heavy (non-hydrogen) atoms. The summed E-state index contributed by atoms with van der Waals surface area (Å²) in [4.78, 5) is 6.88. The highest BCUT2D eigenvalue weighted by Gasteiger charge is 2.19. The summed E-state index contributed by atoms with van der Waals surface area (Å²) in [5.74, 6) is 1.62. The lowest BCUT2D eigenvalue weighted by Gasteiger charge is -2.32. The SMILES string of the molecule is COc1cc(NC2CCN(Cc3ccccn3)CC2)cc(OC)c1. The maximum absolute atomic E-state index is 5.33. The molecule has 128 valence electrons. The molecular weight excluding hydrogens is 302 g/mol. The van der Waals surface area contributed by atoms with Crippen LogP contribution in [0.15, 0.2) is 42.6 Å². The van der Waals surface area contributed by atoms with Crippen molar-refractivity contribution < 1.29 is 9.47 Å². The zero-order valence-corrected chi connectivity index (χ0v) is 14.4. The van der Waals surface area contributed by atoms with Crippen LogP contribution in [0.3, 0.4) is 0 Å². The summed E-state index contributed by atoms with van der Waals surface area (Å²) in [7, 11) is 3.35. The smallest absolute Gasteiger partial charge is 0.124 e. The minimum atomic E-state index is 0.474. The van der Waals surface area contributed by atoms with Gasteiger partial charge in [0.25, 0.3) is 0 Å². The summed E-state index contributed by atoms with van der Waals surface area (Å²) in [5, 5.41) is 3.61. The lowest BCUT2D eigenvalue weighted by Crippen LogP contribution is -2.38. The van der Waals surface area contributed by atoms with E-state index in [1.54, 1.807) is 14.2 Å². The van der Waals surface area contributed by atoms with E-state index in [-0.39, 0.29) is 0 Å². The van der Waals surface area contributed by atoms with E-state index in [1.165, 1.54) is 0 Å². The highest BCUT2D eigenvalue weighted by atomic mass is 16.5. The van der Waals surface area contributed by atoms with Gasteiger partial charge < -0.3 is 14.8 Å². The number of methoxy groups -OCH3 is 2. The quantitative estimate of drug-likeness (QED) is 0.883. The molecular formula is C19H25N3O2. The third kappa shape index (κ3) is 4.38. The van der Waals surface area contributed by atoms with E-state index in [1.807, 2.05) is 36.5 Å². The number of hydrogen-bond donors (Lipinski definition) is 1. The Labute approximate surface area is 143 Å². The molecule has 1 fully saturated rings. The first kappa shape index (κ1) is 16.6. The molecule has 5 heteroatoms. The van der Waals surface area contributed by atoms with Crippen LogP contribution in [0, 0.1) is 0 Å². The fraction of sp³-hybridized carbons (Fsp3) is 0.421. The van der Waals surface area contributed by atoms with Gasteiger partial charge in [0.15, 0.2) is 0 Å². The van der Waals surface area contributed by atoms with E-state index in [2.05, 4.69) is 21.3 Å². The molecule has 0 unspecified atom stereocenters. The predicted octanol–water partition coefficient (Wildman–Crippen LogP) is 3.18. The number of ether oxygens (including phenoxy) is 2. The lowest BCUT2D eigenvalue weighted by molar-refractivity contribution is 0.209. The summed E-state index contributed by atoms with van der Waals surface area (Å²) in [6.07, 6.45) is 4.10. The van der Waals surface area contributed by atoms with E-state index in [9.17, 15) is 0 Å². The van der Waals surface area contributed by atoms with Gasteiger partial charge in [-0.1, -0.05) is 6.07 Å². The number of aromatic nitrogens is 1. The fourth-order valence-corrected chi connectivity index (χ4v) is 3.08. The zero-order valence-electron chi connectivity index (χ0n) is 14.4. The van der Waals surface area contributed by atoms with Crippen LogP contribution in [0.2, 0.25) is 0 Å². The Morgan fingerprint density at radius 1 is 1.08 bits per heavy atom. The van der Waals surface area contributed by atoms with Crippen LogP contribution in [0.4, 0.5) is 5.69 Å². The predicted molar refractivity (Wildman–Crippen MR) is 95.7 cm³/mol. The molecule has 1 aliphatic heterocycles. The van der Waals surface area contributed by atoms with E-state index in [0.717, 1.165) is 55.4 Å². The van der Waals surface area contributed by atoms with Gasteiger partial charge in [-0.2, -0.15) is 0 Å². The molecule has 0 spiro atoms. The molecule has 1 N–H and O–H groups in total. The van der Waals surface area contributed by atoms with Crippen LogP contribution in [0.5, 0.6) is 11.5 Å². The summed E-state index contributed by atoms with van der Waals surface area (Å²) < 4.78 is 10.7. The Kier molecular flexibility index (Phi) is 5.54. The standard InChI is InChI=1S/C19H25N3O2/c1-23-18-11-17(12-19(13-18)24-2)21-15-6-9-22(10-7-15)14-16-5-3-4-8-20-16/h3-5,8,11-13,15,21H,6-7,9-10,14H2,1-2H3. The first-order valence-electron chi connectivity index (χ1n) is 8.38. The van der Waals surface area contributed by atoms with Crippen LogP contribution in [0.25, 0.3) is 0 Å². The largest absolute Gasteiger partial charge is 0.497 e. The van der Waals surface area contributed by atoms with E-state index >= 15 is 0 Å². The van der Waals surface area contributed by atoms with Crippen LogP contribution in [-0.4, -0.2) is 43.2 Å². The van der Waals surface area contributed by atoms with Crippen molar-refractivity contribution in [3.05, 3.63) is 48.3 Å². The number of likely N-dealkylation sites (tertiary alicyclic amines) is 1. The maximum atomic E-state index is 5.33. The van der Waals surface area contributed by atoms with E-state index in [0.29, 0.717) is 6.04 Å². The first-order chi connectivity index (χ1) is 11.8. The third-order valence-corrected chi connectivity index (χ3v) is 4.42. The second kappa shape index (κ2) is 8.02. The van der Waals surface area contributed by atoms with Gasteiger partial charge in [0.2, 0.25) is 0 Å². The van der Waals surface area contributed by atoms with Crippen molar-refractivity contribution in [3.63, 3.8) is 0 Å². The van der Waals surface area contributed by atoms with Crippen molar-refractivity contribution in [2.24, 2.45) is 0 Å². The van der Waals surface area contributed by atoms with Gasteiger partial charge >= 0.3 is 0 Å². The second-order valence-electron chi connectivity index (χ2n) is 6.12. The zero-order chi connectivity index (χ0) is 16.8. The van der Waals surface area contributed by atoms with Gasteiger partial charge in [-0.05, 0) is 25.0 Å². The van der Waals surface area contributed by atoms with Crippen LogP contribution in [-0.2, 0) is 6.54 Å². The number of nitrogens with one attached hydrogen (secondary N) is 1. The van der Waals surface area contributed by atoms with E-state index in [4.69, 9.17) is 9.47 Å². The van der Waals surface area contributed by atoms with Crippen molar-refractivity contribution in [3.8, 4) is 11.5 Å². The summed E-state index contributed by atoms with van der Waals surface area (Å²) in [6.45, 7) is 3.09. The normalized spacial score (nSPS) is 15.9. The van der Waals surface area contributed by atoms with Crippen molar-refractivity contribution >= 4 is 5.69 Å². The minimum Gasteiger partial charge on any atom is -0.497 e. The van der Waals surface area contributed by atoms with Crippen molar-refractivity contribution in [1.82, 2.24) is 9.88 Å². The molecule has 0 atom stereocenters. The molecule has 0 radical (unpaired) electrons. The second-order valence-corrected chi connectivity index (χ2v) is 6.12. The Bertz CT molecular complexity index is 618. The molecule has 3 rings (SSSR count). The number of benzene rings is 1. The lowest BCUT2D eigenvalue weighted by atomic mass is 10.0.